The van der Waals surface area contributed by atoms with Crippen LogP contribution in [0.1, 0.15) is 47.5 Å². The van der Waals surface area contributed by atoms with E-state index in [1.165, 1.54) is 0 Å². The van der Waals surface area contributed by atoms with E-state index in [1.54, 1.807) is 27.7 Å². The molecule has 3 aliphatic rings. The van der Waals surface area contributed by atoms with E-state index >= 15 is 0 Å². The SMILES string of the molecule is CCC(C)C(=O)OCC(=O)OC1C2CC3C1OC(=O)C3C2C(=O)OC(C)(C)C. The first-order valence-corrected chi connectivity index (χ1v) is 9.83. The quantitative estimate of drug-likeness (QED) is 0.493. The number of ether oxygens (including phenoxy) is 4. The second-order valence-electron chi connectivity index (χ2n) is 8.92. The molecule has 3 fully saturated rings. The Morgan fingerprint density at radius 2 is 1.89 bits per heavy atom. The van der Waals surface area contributed by atoms with Gasteiger partial charge in [-0.05, 0) is 33.6 Å². The maximum atomic E-state index is 12.7. The van der Waals surface area contributed by atoms with Gasteiger partial charge in [-0.25, -0.2) is 4.79 Å². The second kappa shape index (κ2) is 7.37. The third kappa shape index (κ3) is 3.73. The maximum Gasteiger partial charge on any atom is 0.344 e. The van der Waals surface area contributed by atoms with Crippen molar-refractivity contribution >= 4 is 23.9 Å². The smallest absolute Gasteiger partial charge is 0.344 e. The molecule has 7 unspecified atom stereocenters. The molecule has 1 saturated heterocycles. The summed E-state index contributed by atoms with van der Waals surface area (Å²) in [4.78, 5) is 48.9. The molecular formula is C20H28O8. The van der Waals surface area contributed by atoms with E-state index in [0.29, 0.717) is 12.8 Å². The molecule has 156 valence electrons. The summed E-state index contributed by atoms with van der Waals surface area (Å²) in [5.41, 5.74) is -0.683. The standard InChI is InChI=1S/C20H28O8/c1-6-9(2)17(22)25-8-12(21)26-15-11-7-10-13(18(23)27-16(10)15)14(11)19(24)28-20(3,4)5/h9-11,13-16H,6-8H2,1-5H3. The van der Waals surface area contributed by atoms with Crippen molar-refractivity contribution in [1.82, 2.24) is 0 Å². The van der Waals surface area contributed by atoms with E-state index < -0.39 is 60.1 Å². The highest BCUT2D eigenvalue weighted by molar-refractivity contribution is 5.86. The third-order valence-electron chi connectivity index (χ3n) is 5.84. The Bertz CT molecular complexity index is 678. The van der Waals surface area contributed by atoms with E-state index in [-0.39, 0.29) is 17.8 Å². The van der Waals surface area contributed by atoms with Crippen molar-refractivity contribution in [3.05, 3.63) is 0 Å². The zero-order valence-corrected chi connectivity index (χ0v) is 16.9. The van der Waals surface area contributed by atoms with Crippen LogP contribution in [-0.4, -0.2) is 48.3 Å². The van der Waals surface area contributed by atoms with Gasteiger partial charge in [0.05, 0.1) is 17.8 Å². The largest absolute Gasteiger partial charge is 0.460 e. The molecule has 7 atom stereocenters. The highest BCUT2D eigenvalue weighted by Crippen LogP contribution is 2.59. The first-order chi connectivity index (χ1) is 13.0. The molecule has 3 rings (SSSR count). The molecule has 8 nitrogen and oxygen atoms in total. The Morgan fingerprint density at radius 1 is 1.21 bits per heavy atom. The second-order valence-corrected chi connectivity index (χ2v) is 8.92. The summed E-state index contributed by atoms with van der Waals surface area (Å²) in [5.74, 6) is -4.10. The van der Waals surface area contributed by atoms with Gasteiger partial charge in [0, 0.05) is 11.8 Å². The molecule has 0 radical (unpaired) electrons. The van der Waals surface area contributed by atoms with Gasteiger partial charge in [-0.1, -0.05) is 13.8 Å². The molecule has 28 heavy (non-hydrogen) atoms. The van der Waals surface area contributed by atoms with E-state index in [0.717, 1.165) is 0 Å². The van der Waals surface area contributed by atoms with Crippen molar-refractivity contribution in [3.8, 4) is 0 Å². The van der Waals surface area contributed by atoms with Crippen molar-refractivity contribution in [2.24, 2.45) is 29.6 Å². The summed E-state index contributed by atoms with van der Waals surface area (Å²) < 4.78 is 21.4. The highest BCUT2D eigenvalue weighted by Gasteiger charge is 2.70. The first-order valence-electron chi connectivity index (χ1n) is 9.83. The zero-order valence-electron chi connectivity index (χ0n) is 16.9. The Labute approximate surface area is 164 Å². The van der Waals surface area contributed by atoms with Crippen molar-refractivity contribution in [2.75, 3.05) is 6.61 Å². The normalized spacial score (nSPS) is 34.0. The lowest BCUT2D eigenvalue weighted by molar-refractivity contribution is -0.175. The highest BCUT2D eigenvalue weighted by atomic mass is 16.6. The zero-order chi connectivity index (χ0) is 20.8. The predicted octanol–water partition coefficient (Wildman–Crippen LogP) is 1.64. The number of fused-ring (bicyclic) bond motifs is 1. The molecular weight excluding hydrogens is 368 g/mol. The summed E-state index contributed by atoms with van der Waals surface area (Å²) in [6.07, 6.45) is -0.0947. The number of hydrogen-bond acceptors (Lipinski definition) is 8. The monoisotopic (exact) mass is 396 g/mol. The third-order valence-corrected chi connectivity index (χ3v) is 5.84. The average Bonchev–Trinajstić information content (AvgIpc) is 3.20. The number of carbonyl (C=O) groups excluding carboxylic acids is 4. The van der Waals surface area contributed by atoms with Gasteiger partial charge in [0.1, 0.15) is 17.8 Å². The fourth-order valence-corrected chi connectivity index (χ4v) is 4.46. The Hall–Kier alpha value is -2.12. The van der Waals surface area contributed by atoms with Crippen LogP contribution in [0.3, 0.4) is 0 Å². The summed E-state index contributed by atoms with van der Waals surface area (Å²) in [6.45, 7) is 8.34. The van der Waals surface area contributed by atoms with Crippen LogP contribution >= 0.6 is 0 Å². The first kappa shape index (κ1) is 20.6. The topological polar surface area (TPSA) is 105 Å². The van der Waals surface area contributed by atoms with Crippen LogP contribution in [0.25, 0.3) is 0 Å². The van der Waals surface area contributed by atoms with E-state index in [2.05, 4.69) is 0 Å². The van der Waals surface area contributed by atoms with Gasteiger partial charge in [0.25, 0.3) is 0 Å². The van der Waals surface area contributed by atoms with Crippen LogP contribution in [0.4, 0.5) is 0 Å². The molecule has 2 saturated carbocycles. The molecule has 2 bridgehead atoms. The van der Waals surface area contributed by atoms with Crippen molar-refractivity contribution in [3.63, 3.8) is 0 Å². The maximum absolute atomic E-state index is 12.7. The lowest BCUT2D eigenvalue weighted by Gasteiger charge is -2.32. The minimum atomic E-state index is -0.722. The number of rotatable bonds is 6. The van der Waals surface area contributed by atoms with Gasteiger partial charge in [0.2, 0.25) is 0 Å². The number of carbonyl (C=O) groups is 4. The summed E-state index contributed by atoms with van der Waals surface area (Å²) in [7, 11) is 0. The number of esters is 4. The van der Waals surface area contributed by atoms with Gasteiger partial charge in [-0.3, -0.25) is 14.4 Å². The van der Waals surface area contributed by atoms with Crippen LogP contribution < -0.4 is 0 Å². The van der Waals surface area contributed by atoms with Crippen molar-refractivity contribution < 1.29 is 38.1 Å². The van der Waals surface area contributed by atoms with E-state index in [9.17, 15) is 19.2 Å². The van der Waals surface area contributed by atoms with Gasteiger partial charge >= 0.3 is 23.9 Å². The summed E-state index contributed by atoms with van der Waals surface area (Å²) in [5, 5.41) is 0. The van der Waals surface area contributed by atoms with E-state index in [4.69, 9.17) is 18.9 Å². The molecule has 0 aromatic heterocycles. The summed E-state index contributed by atoms with van der Waals surface area (Å²) >= 11 is 0. The molecule has 0 spiro atoms. The fourth-order valence-electron chi connectivity index (χ4n) is 4.46. The van der Waals surface area contributed by atoms with Crippen LogP contribution in [0.15, 0.2) is 0 Å². The minimum Gasteiger partial charge on any atom is -0.460 e. The molecule has 8 heteroatoms. The molecule has 0 N–H and O–H groups in total. The van der Waals surface area contributed by atoms with Gasteiger partial charge in [0.15, 0.2) is 6.61 Å². The van der Waals surface area contributed by atoms with Gasteiger partial charge in [-0.15, -0.1) is 0 Å². The van der Waals surface area contributed by atoms with Crippen LogP contribution in [0, 0.1) is 29.6 Å². The van der Waals surface area contributed by atoms with Crippen LogP contribution in [0.2, 0.25) is 0 Å². The van der Waals surface area contributed by atoms with E-state index in [1.807, 2.05) is 6.92 Å². The molecule has 2 aliphatic carbocycles. The van der Waals surface area contributed by atoms with Gasteiger partial charge in [-0.2, -0.15) is 0 Å². The Kier molecular flexibility index (Phi) is 5.42. The van der Waals surface area contributed by atoms with Gasteiger partial charge < -0.3 is 18.9 Å². The molecule has 1 heterocycles. The molecule has 0 aromatic rings. The number of hydrogen-bond donors (Lipinski definition) is 0. The molecule has 0 amide bonds. The summed E-state index contributed by atoms with van der Waals surface area (Å²) in [6, 6.07) is 0. The molecule has 0 aromatic carbocycles. The van der Waals surface area contributed by atoms with Crippen LogP contribution in [0.5, 0.6) is 0 Å². The van der Waals surface area contributed by atoms with Crippen molar-refractivity contribution in [1.29, 1.82) is 0 Å². The fraction of sp³-hybridized carbons (Fsp3) is 0.800. The average molecular weight is 396 g/mol. The lowest BCUT2D eigenvalue weighted by atomic mass is 9.78. The van der Waals surface area contributed by atoms with Crippen LogP contribution in [-0.2, 0) is 38.1 Å². The Morgan fingerprint density at radius 3 is 2.50 bits per heavy atom. The molecule has 1 aliphatic heterocycles. The lowest BCUT2D eigenvalue weighted by Crippen LogP contribution is -2.45. The minimum absolute atomic E-state index is 0.157. The Balaban J connectivity index is 1.66. The van der Waals surface area contributed by atoms with Crippen molar-refractivity contribution in [2.45, 2.75) is 65.3 Å². The predicted molar refractivity (Wildman–Crippen MR) is 94.6 cm³/mol.